The molecule has 1 aromatic rings. The molecule has 1 aromatic heterocycles. The summed E-state index contributed by atoms with van der Waals surface area (Å²) < 4.78 is 0. The van der Waals surface area contributed by atoms with Crippen molar-refractivity contribution in [1.29, 1.82) is 0 Å². The fourth-order valence-electron chi connectivity index (χ4n) is 2.02. The number of rotatable bonds is 2. The molecule has 1 unspecified atom stereocenters. The fraction of sp³-hybridized carbons (Fsp3) is 0.462. The lowest BCUT2D eigenvalue weighted by Crippen LogP contribution is -2.24. The zero-order chi connectivity index (χ0) is 12.1. The van der Waals surface area contributed by atoms with Crippen LogP contribution in [0, 0.1) is 5.92 Å². The van der Waals surface area contributed by atoms with E-state index in [0.29, 0.717) is 11.5 Å². The fourth-order valence-corrected chi connectivity index (χ4v) is 2.02. The van der Waals surface area contributed by atoms with E-state index in [1.807, 2.05) is 0 Å². The molecule has 17 heavy (non-hydrogen) atoms. The predicted octanol–water partition coefficient (Wildman–Crippen LogP) is 2.38. The third-order valence-electron chi connectivity index (χ3n) is 3.11. The van der Waals surface area contributed by atoms with Gasteiger partial charge in [-0.3, -0.25) is 9.78 Å². The van der Waals surface area contributed by atoms with E-state index in [1.165, 1.54) is 19.3 Å². The maximum Gasteiger partial charge on any atom is 0.272 e. The Bertz CT molecular complexity index is 414. The summed E-state index contributed by atoms with van der Waals surface area (Å²) in [7, 11) is 0. The van der Waals surface area contributed by atoms with Gasteiger partial charge in [0, 0.05) is 18.1 Å². The number of nitrogens with one attached hydrogen (secondary N) is 1. The lowest BCUT2D eigenvalue weighted by Gasteiger charge is -2.19. The molecule has 1 fully saturated rings. The van der Waals surface area contributed by atoms with Gasteiger partial charge < -0.3 is 0 Å². The van der Waals surface area contributed by atoms with Crippen LogP contribution in [0.1, 0.15) is 43.0 Å². The van der Waals surface area contributed by atoms with Crippen LogP contribution in [0.25, 0.3) is 0 Å². The van der Waals surface area contributed by atoms with Crippen LogP contribution in [0.4, 0.5) is 0 Å². The average molecular weight is 231 g/mol. The lowest BCUT2D eigenvalue weighted by atomic mass is 9.89. The molecule has 0 aromatic carbocycles. The molecule has 0 bridgehead atoms. The second kappa shape index (κ2) is 5.57. The Kier molecular flexibility index (Phi) is 3.85. The summed E-state index contributed by atoms with van der Waals surface area (Å²) in [5, 5.41) is 4.23. The van der Waals surface area contributed by atoms with E-state index in [0.717, 1.165) is 12.1 Å². The molecule has 1 atom stereocenters. The Morgan fingerprint density at radius 3 is 3.12 bits per heavy atom. The largest absolute Gasteiger partial charge is 0.272 e. The van der Waals surface area contributed by atoms with E-state index < -0.39 is 0 Å². The Balaban J connectivity index is 1.97. The average Bonchev–Trinajstić information content (AvgIpc) is 2.38. The lowest BCUT2D eigenvalue weighted by molar-refractivity contribution is 0.0954. The van der Waals surface area contributed by atoms with E-state index in [4.69, 9.17) is 0 Å². The van der Waals surface area contributed by atoms with Gasteiger partial charge in [-0.1, -0.05) is 13.3 Å². The molecule has 1 saturated carbocycles. The summed E-state index contributed by atoms with van der Waals surface area (Å²) >= 11 is 0. The summed E-state index contributed by atoms with van der Waals surface area (Å²) in [6, 6.07) is 3.47. The molecule has 0 radical (unpaired) electrons. The van der Waals surface area contributed by atoms with Crippen LogP contribution in [-0.2, 0) is 0 Å². The highest BCUT2D eigenvalue weighted by Crippen LogP contribution is 2.20. The normalized spacial score (nSPS) is 22.4. The molecule has 0 saturated heterocycles. The Hall–Kier alpha value is -1.71. The minimum Gasteiger partial charge on any atom is -0.267 e. The number of carbonyl (C=O) groups is 1. The van der Waals surface area contributed by atoms with Crippen LogP contribution in [0.3, 0.4) is 0 Å². The van der Waals surface area contributed by atoms with Crippen molar-refractivity contribution in [1.82, 2.24) is 10.4 Å². The second-order valence-electron chi connectivity index (χ2n) is 4.43. The topological polar surface area (TPSA) is 54.4 Å². The number of carbonyl (C=O) groups excluding carboxylic acids is 1. The first-order chi connectivity index (χ1) is 8.27. The van der Waals surface area contributed by atoms with Crippen LogP contribution in [0.15, 0.2) is 29.6 Å². The van der Waals surface area contributed by atoms with Crippen LogP contribution in [0.2, 0.25) is 0 Å². The quantitative estimate of drug-likeness (QED) is 0.794. The second-order valence-corrected chi connectivity index (χ2v) is 4.43. The van der Waals surface area contributed by atoms with Crippen LogP contribution < -0.4 is 5.43 Å². The molecule has 1 amide bonds. The van der Waals surface area contributed by atoms with Gasteiger partial charge in [0.1, 0.15) is 0 Å². The van der Waals surface area contributed by atoms with Gasteiger partial charge in [0.2, 0.25) is 0 Å². The maximum atomic E-state index is 11.7. The predicted molar refractivity (Wildman–Crippen MR) is 66.8 cm³/mol. The standard InChI is InChI=1S/C13H17N3O/c1-10-5-2-3-7-12(10)15-16-13(17)11-6-4-8-14-9-11/h4,6,8-10H,2-3,5,7H2,1H3,(H,16,17)/b15-12+. The van der Waals surface area contributed by atoms with E-state index in [-0.39, 0.29) is 5.91 Å². The highest BCUT2D eigenvalue weighted by atomic mass is 16.2. The molecule has 4 heteroatoms. The van der Waals surface area contributed by atoms with Crippen molar-refractivity contribution in [2.24, 2.45) is 11.0 Å². The van der Waals surface area contributed by atoms with Crippen molar-refractivity contribution in [3.63, 3.8) is 0 Å². The van der Waals surface area contributed by atoms with Crippen molar-refractivity contribution < 1.29 is 4.79 Å². The number of nitrogens with zero attached hydrogens (tertiary/aromatic N) is 2. The highest BCUT2D eigenvalue weighted by Gasteiger charge is 2.16. The molecule has 1 N–H and O–H groups in total. The summed E-state index contributed by atoms with van der Waals surface area (Å²) in [4.78, 5) is 15.6. The third kappa shape index (κ3) is 3.12. The zero-order valence-corrected chi connectivity index (χ0v) is 10.0. The van der Waals surface area contributed by atoms with Crippen molar-refractivity contribution >= 4 is 11.6 Å². The summed E-state index contributed by atoms with van der Waals surface area (Å²) in [5.41, 5.74) is 4.26. The number of pyridine rings is 1. The van der Waals surface area contributed by atoms with Gasteiger partial charge in [0.25, 0.3) is 5.91 Å². The monoisotopic (exact) mass is 231 g/mol. The molecule has 0 aliphatic heterocycles. The Morgan fingerprint density at radius 2 is 2.41 bits per heavy atom. The summed E-state index contributed by atoms with van der Waals surface area (Å²) in [5.74, 6) is 0.293. The number of amides is 1. The number of hydrazone groups is 1. The third-order valence-corrected chi connectivity index (χ3v) is 3.11. The first kappa shape index (κ1) is 11.8. The smallest absolute Gasteiger partial charge is 0.267 e. The van der Waals surface area contributed by atoms with Crippen molar-refractivity contribution in [3.8, 4) is 0 Å². The van der Waals surface area contributed by atoms with Crippen LogP contribution in [0.5, 0.6) is 0 Å². The number of aromatic nitrogens is 1. The minimum absolute atomic E-state index is 0.191. The van der Waals surface area contributed by atoms with Gasteiger partial charge in [0.15, 0.2) is 0 Å². The molecule has 4 nitrogen and oxygen atoms in total. The SMILES string of the molecule is CC1CCCC/C1=N\NC(=O)c1cccnc1. The van der Waals surface area contributed by atoms with Crippen molar-refractivity contribution in [3.05, 3.63) is 30.1 Å². The molecule has 1 aliphatic carbocycles. The van der Waals surface area contributed by atoms with E-state index in [2.05, 4.69) is 22.4 Å². The molecule has 1 aliphatic rings. The molecule has 90 valence electrons. The van der Waals surface area contributed by atoms with Gasteiger partial charge in [-0.25, -0.2) is 5.43 Å². The molecule has 1 heterocycles. The summed E-state index contributed by atoms with van der Waals surface area (Å²) in [6.45, 7) is 2.16. The van der Waals surface area contributed by atoms with E-state index in [1.54, 1.807) is 24.5 Å². The van der Waals surface area contributed by atoms with Crippen LogP contribution in [-0.4, -0.2) is 16.6 Å². The Labute approximate surface area is 101 Å². The van der Waals surface area contributed by atoms with Gasteiger partial charge in [0.05, 0.1) is 5.56 Å². The number of hydrogen-bond donors (Lipinski definition) is 1. The van der Waals surface area contributed by atoms with Gasteiger partial charge in [-0.15, -0.1) is 0 Å². The molecular weight excluding hydrogens is 214 g/mol. The summed E-state index contributed by atoms with van der Waals surface area (Å²) in [6.07, 6.45) is 7.78. The first-order valence-corrected chi connectivity index (χ1v) is 6.04. The minimum atomic E-state index is -0.191. The molecular formula is C13H17N3O. The van der Waals surface area contributed by atoms with Crippen LogP contribution >= 0.6 is 0 Å². The van der Waals surface area contributed by atoms with Gasteiger partial charge in [-0.2, -0.15) is 5.10 Å². The van der Waals surface area contributed by atoms with Crippen molar-refractivity contribution in [2.45, 2.75) is 32.6 Å². The number of hydrogen-bond acceptors (Lipinski definition) is 3. The van der Waals surface area contributed by atoms with Crippen molar-refractivity contribution in [2.75, 3.05) is 0 Å². The molecule has 2 rings (SSSR count). The first-order valence-electron chi connectivity index (χ1n) is 6.04. The van der Waals surface area contributed by atoms with E-state index in [9.17, 15) is 4.79 Å². The van der Waals surface area contributed by atoms with Gasteiger partial charge in [-0.05, 0) is 37.3 Å². The Morgan fingerprint density at radius 1 is 1.53 bits per heavy atom. The maximum absolute atomic E-state index is 11.7. The van der Waals surface area contributed by atoms with E-state index >= 15 is 0 Å². The zero-order valence-electron chi connectivity index (χ0n) is 10.0. The molecule has 0 spiro atoms. The highest BCUT2D eigenvalue weighted by molar-refractivity contribution is 5.95. The van der Waals surface area contributed by atoms with Gasteiger partial charge >= 0.3 is 0 Å².